The van der Waals surface area contributed by atoms with Gasteiger partial charge < -0.3 is 4.90 Å². The minimum Gasteiger partial charge on any atom is -0.326 e. The lowest BCUT2D eigenvalue weighted by molar-refractivity contribution is -0.131. The van der Waals surface area contributed by atoms with Gasteiger partial charge in [0.1, 0.15) is 11.2 Å². The first-order chi connectivity index (χ1) is 8.22. The molecule has 0 unspecified atom stereocenters. The molecule has 1 aromatic rings. The first-order valence-electron chi connectivity index (χ1n) is 5.89. The average molecular weight is 253 g/mol. The van der Waals surface area contributed by atoms with Crippen molar-refractivity contribution in [2.75, 3.05) is 12.3 Å². The molecule has 2 nitrogen and oxygen atoms in total. The number of hydrogen-bond acceptors (Lipinski definition) is 2. The summed E-state index contributed by atoms with van der Waals surface area (Å²) < 4.78 is 13.2. The van der Waals surface area contributed by atoms with Gasteiger partial charge in [-0.2, -0.15) is 0 Å². The molecule has 0 bridgehead atoms. The fourth-order valence-electron chi connectivity index (χ4n) is 2.02. The zero-order valence-corrected chi connectivity index (χ0v) is 10.7. The number of carbonyl (C=O) groups excluding carboxylic acids is 1. The van der Waals surface area contributed by atoms with Gasteiger partial charge in [0.15, 0.2) is 0 Å². The number of amides is 1. The predicted octanol–water partition coefficient (Wildman–Crippen LogP) is 3.20. The summed E-state index contributed by atoms with van der Waals surface area (Å²) in [5.41, 5.74) is 0.886. The van der Waals surface area contributed by atoms with E-state index in [0.29, 0.717) is 6.42 Å². The van der Waals surface area contributed by atoms with Crippen LogP contribution >= 0.6 is 11.8 Å². The highest BCUT2D eigenvalue weighted by atomic mass is 32.2. The van der Waals surface area contributed by atoms with Crippen molar-refractivity contribution in [3.63, 3.8) is 0 Å². The first kappa shape index (κ1) is 12.4. The Kier molecular flexibility index (Phi) is 4.05. The Hall–Kier alpha value is -1.03. The minimum absolute atomic E-state index is 0.00949. The monoisotopic (exact) mass is 253 g/mol. The summed E-state index contributed by atoms with van der Waals surface area (Å²) in [5, 5.41) is -0.00949. The van der Waals surface area contributed by atoms with Gasteiger partial charge in [0.05, 0.1) is 0 Å². The lowest BCUT2D eigenvalue weighted by Gasteiger charge is -2.24. The molecule has 1 aromatic carbocycles. The van der Waals surface area contributed by atoms with Crippen LogP contribution in [0.1, 0.15) is 30.7 Å². The highest BCUT2D eigenvalue weighted by molar-refractivity contribution is 7.99. The van der Waals surface area contributed by atoms with Crippen molar-refractivity contribution < 1.29 is 9.18 Å². The summed E-state index contributed by atoms with van der Waals surface area (Å²) in [4.78, 5) is 13.8. The number of carbonyl (C=O) groups is 1. The summed E-state index contributed by atoms with van der Waals surface area (Å²) in [7, 11) is 0. The molecule has 0 aliphatic carbocycles. The molecule has 4 heteroatoms. The van der Waals surface area contributed by atoms with E-state index in [1.165, 1.54) is 12.1 Å². The van der Waals surface area contributed by atoms with Gasteiger partial charge in [-0.25, -0.2) is 4.39 Å². The summed E-state index contributed by atoms with van der Waals surface area (Å²) in [6.07, 6.45) is 1.43. The molecule has 1 amide bonds. The van der Waals surface area contributed by atoms with Gasteiger partial charge in [0.2, 0.25) is 5.91 Å². The molecule has 17 heavy (non-hydrogen) atoms. The summed E-state index contributed by atoms with van der Waals surface area (Å²) in [6, 6.07) is 6.54. The standard InChI is InChI=1S/C13H16FNOS/c1-2-4-12(16)15-7-8-17-13(15)10-5-3-6-11(14)9-10/h3,5-6,9,13H,2,4,7-8H2,1H3/t13-/m0/s1. The number of halogens is 1. The van der Waals surface area contributed by atoms with Crippen LogP contribution in [0, 0.1) is 5.82 Å². The Morgan fingerprint density at radius 3 is 3.12 bits per heavy atom. The second kappa shape index (κ2) is 5.54. The summed E-state index contributed by atoms with van der Waals surface area (Å²) >= 11 is 1.70. The Morgan fingerprint density at radius 1 is 1.59 bits per heavy atom. The average Bonchev–Trinajstić information content (AvgIpc) is 2.78. The van der Waals surface area contributed by atoms with Gasteiger partial charge in [0, 0.05) is 18.7 Å². The Balaban J connectivity index is 2.17. The summed E-state index contributed by atoms with van der Waals surface area (Å²) in [5.74, 6) is 0.862. The maximum Gasteiger partial charge on any atom is 0.223 e. The van der Waals surface area contributed by atoms with Crippen LogP contribution in [0.5, 0.6) is 0 Å². The van der Waals surface area contributed by atoms with Crippen LogP contribution < -0.4 is 0 Å². The zero-order chi connectivity index (χ0) is 12.3. The van der Waals surface area contributed by atoms with Crippen molar-refractivity contribution in [3.8, 4) is 0 Å². The molecular weight excluding hydrogens is 237 g/mol. The van der Waals surface area contributed by atoms with Gasteiger partial charge in [-0.3, -0.25) is 4.79 Å². The van der Waals surface area contributed by atoms with E-state index in [1.54, 1.807) is 17.8 Å². The zero-order valence-electron chi connectivity index (χ0n) is 9.86. The third kappa shape index (κ3) is 2.80. The SMILES string of the molecule is CCCC(=O)N1CCS[C@H]1c1cccc(F)c1. The van der Waals surface area contributed by atoms with Crippen molar-refractivity contribution in [1.29, 1.82) is 0 Å². The van der Waals surface area contributed by atoms with Crippen molar-refractivity contribution in [2.45, 2.75) is 25.1 Å². The molecule has 92 valence electrons. The van der Waals surface area contributed by atoms with Crippen LogP contribution in [0.4, 0.5) is 4.39 Å². The fourth-order valence-corrected chi connectivity index (χ4v) is 3.29. The number of benzene rings is 1. The predicted molar refractivity (Wildman–Crippen MR) is 68.2 cm³/mol. The van der Waals surface area contributed by atoms with E-state index in [4.69, 9.17) is 0 Å². The molecular formula is C13H16FNOS. The van der Waals surface area contributed by atoms with Crippen LogP contribution in [0.25, 0.3) is 0 Å². The van der Waals surface area contributed by atoms with E-state index in [2.05, 4.69) is 0 Å². The van der Waals surface area contributed by atoms with E-state index in [9.17, 15) is 9.18 Å². The lowest BCUT2D eigenvalue weighted by Crippen LogP contribution is -2.30. The van der Waals surface area contributed by atoms with E-state index in [0.717, 1.165) is 24.3 Å². The largest absolute Gasteiger partial charge is 0.326 e. The number of hydrogen-bond donors (Lipinski definition) is 0. The van der Waals surface area contributed by atoms with Gasteiger partial charge >= 0.3 is 0 Å². The highest BCUT2D eigenvalue weighted by Crippen LogP contribution is 2.38. The first-order valence-corrected chi connectivity index (χ1v) is 6.93. The quantitative estimate of drug-likeness (QED) is 0.824. The van der Waals surface area contributed by atoms with Gasteiger partial charge in [-0.1, -0.05) is 19.1 Å². The second-order valence-corrected chi connectivity index (χ2v) is 5.30. The molecule has 1 aliphatic rings. The van der Waals surface area contributed by atoms with Crippen molar-refractivity contribution in [3.05, 3.63) is 35.6 Å². The third-order valence-corrected chi connectivity index (χ3v) is 4.07. The van der Waals surface area contributed by atoms with Gasteiger partial charge in [-0.05, 0) is 24.1 Å². The van der Waals surface area contributed by atoms with E-state index in [-0.39, 0.29) is 17.1 Å². The molecule has 1 atom stereocenters. The van der Waals surface area contributed by atoms with Crippen LogP contribution in [0.15, 0.2) is 24.3 Å². The third-order valence-electron chi connectivity index (χ3n) is 2.81. The molecule has 2 rings (SSSR count). The van der Waals surface area contributed by atoms with E-state index in [1.807, 2.05) is 17.9 Å². The molecule has 0 N–H and O–H groups in total. The molecule has 1 aliphatic heterocycles. The van der Waals surface area contributed by atoms with Crippen LogP contribution in [0.3, 0.4) is 0 Å². The highest BCUT2D eigenvalue weighted by Gasteiger charge is 2.29. The second-order valence-electron chi connectivity index (χ2n) is 4.12. The molecule has 0 spiro atoms. The van der Waals surface area contributed by atoms with Crippen molar-refractivity contribution in [2.24, 2.45) is 0 Å². The molecule has 0 radical (unpaired) electrons. The van der Waals surface area contributed by atoms with Crippen molar-refractivity contribution >= 4 is 17.7 Å². The van der Waals surface area contributed by atoms with E-state index >= 15 is 0 Å². The van der Waals surface area contributed by atoms with Gasteiger partial charge in [0.25, 0.3) is 0 Å². The van der Waals surface area contributed by atoms with Gasteiger partial charge in [-0.15, -0.1) is 11.8 Å². The maximum absolute atomic E-state index is 13.2. The van der Waals surface area contributed by atoms with Crippen molar-refractivity contribution in [1.82, 2.24) is 4.90 Å². The smallest absolute Gasteiger partial charge is 0.223 e. The molecule has 1 heterocycles. The molecule has 1 fully saturated rings. The molecule has 0 saturated carbocycles. The van der Waals surface area contributed by atoms with Crippen LogP contribution in [-0.2, 0) is 4.79 Å². The topological polar surface area (TPSA) is 20.3 Å². The maximum atomic E-state index is 13.2. The molecule has 0 aromatic heterocycles. The Bertz CT molecular complexity index is 410. The Morgan fingerprint density at radius 2 is 2.41 bits per heavy atom. The normalized spacial score (nSPS) is 19.6. The Labute approximate surface area is 105 Å². The number of rotatable bonds is 3. The molecule has 1 saturated heterocycles. The minimum atomic E-state index is -0.238. The number of nitrogens with zero attached hydrogens (tertiary/aromatic N) is 1. The fraction of sp³-hybridized carbons (Fsp3) is 0.462. The lowest BCUT2D eigenvalue weighted by atomic mass is 10.2. The number of thioether (sulfide) groups is 1. The summed E-state index contributed by atoms with van der Waals surface area (Å²) in [6.45, 7) is 2.77. The van der Waals surface area contributed by atoms with Crippen LogP contribution in [0.2, 0.25) is 0 Å². The van der Waals surface area contributed by atoms with E-state index < -0.39 is 0 Å². The van der Waals surface area contributed by atoms with Crippen LogP contribution in [-0.4, -0.2) is 23.1 Å².